The van der Waals surface area contributed by atoms with E-state index in [1.807, 2.05) is 13.8 Å². The largest absolute Gasteiger partial charge is 0.384 e. The van der Waals surface area contributed by atoms with Crippen molar-refractivity contribution in [1.29, 1.82) is 5.26 Å². The average Bonchev–Trinajstić information content (AvgIpc) is 3.36. The number of rotatable bonds is 6. The fourth-order valence-electron chi connectivity index (χ4n) is 4.95. The lowest BCUT2D eigenvalue weighted by Gasteiger charge is -2.42. The molecule has 9 nitrogen and oxygen atoms in total. The van der Waals surface area contributed by atoms with Gasteiger partial charge in [0.2, 0.25) is 11.0 Å². The van der Waals surface area contributed by atoms with E-state index in [2.05, 4.69) is 26.6 Å². The van der Waals surface area contributed by atoms with Crippen molar-refractivity contribution in [3.8, 4) is 6.07 Å². The van der Waals surface area contributed by atoms with E-state index in [1.54, 1.807) is 35.2 Å². The third-order valence-corrected chi connectivity index (χ3v) is 9.62. The molecular formula is C27H22Cl3N7O2S2. The van der Waals surface area contributed by atoms with Crippen molar-refractivity contribution in [3.63, 3.8) is 0 Å². The zero-order valence-corrected chi connectivity index (χ0v) is 25.6. The van der Waals surface area contributed by atoms with Gasteiger partial charge < -0.3 is 11.1 Å². The molecule has 210 valence electrons. The van der Waals surface area contributed by atoms with Crippen LogP contribution in [0.2, 0.25) is 15.2 Å². The van der Waals surface area contributed by atoms with E-state index in [0.717, 1.165) is 0 Å². The van der Waals surface area contributed by atoms with Crippen molar-refractivity contribution in [2.24, 2.45) is 11.1 Å². The number of nitrogens with one attached hydrogen (secondary N) is 1. The summed E-state index contributed by atoms with van der Waals surface area (Å²) in [5, 5.41) is 22.8. The van der Waals surface area contributed by atoms with Crippen LogP contribution in [0.5, 0.6) is 0 Å². The number of halogens is 3. The van der Waals surface area contributed by atoms with Crippen molar-refractivity contribution in [2.45, 2.75) is 36.9 Å². The van der Waals surface area contributed by atoms with Gasteiger partial charge >= 0.3 is 0 Å². The molecule has 3 aromatic rings. The Bertz CT molecular complexity index is 1660. The highest BCUT2D eigenvalue weighted by molar-refractivity contribution is 8.01. The van der Waals surface area contributed by atoms with Gasteiger partial charge in [-0.25, -0.2) is 4.98 Å². The number of thioether (sulfide) groups is 1. The van der Waals surface area contributed by atoms with Gasteiger partial charge in [0.1, 0.15) is 5.82 Å². The van der Waals surface area contributed by atoms with Gasteiger partial charge in [0.25, 0.3) is 0 Å². The highest BCUT2D eigenvalue weighted by Crippen LogP contribution is 2.52. The Hall–Kier alpha value is -3.14. The number of Topliss-reactive ketones (excluding diaryl/α,β-unsaturated/α-hetero) is 1. The summed E-state index contributed by atoms with van der Waals surface area (Å²) in [5.74, 6) is -1.07. The minimum atomic E-state index is -0.819. The molecule has 0 bridgehead atoms. The minimum absolute atomic E-state index is 0.0428. The lowest BCUT2D eigenvalue weighted by molar-refractivity contribution is -0.118. The lowest BCUT2D eigenvalue weighted by atomic mass is 9.68. The number of nitrogens with two attached hydrogens (primary N) is 1. The molecule has 5 rings (SSSR count). The van der Waals surface area contributed by atoms with Crippen LogP contribution >= 0.6 is 57.9 Å². The van der Waals surface area contributed by atoms with E-state index < -0.39 is 5.92 Å². The monoisotopic (exact) mass is 645 g/mol. The number of ketones is 1. The van der Waals surface area contributed by atoms with E-state index in [-0.39, 0.29) is 45.8 Å². The molecule has 2 aromatic heterocycles. The van der Waals surface area contributed by atoms with Crippen molar-refractivity contribution in [2.75, 3.05) is 16.0 Å². The van der Waals surface area contributed by atoms with Crippen LogP contribution in [0.4, 0.5) is 10.8 Å². The van der Waals surface area contributed by atoms with Crippen molar-refractivity contribution >= 4 is 80.4 Å². The number of nitriles is 1. The van der Waals surface area contributed by atoms with Crippen molar-refractivity contribution in [3.05, 3.63) is 80.0 Å². The van der Waals surface area contributed by atoms with Gasteiger partial charge in [-0.2, -0.15) is 5.26 Å². The molecule has 14 heteroatoms. The number of allylic oxidation sites excluding steroid dienone is 3. The minimum Gasteiger partial charge on any atom is -0.384 e. The van der Waals surface area contributed by atoms with Gasteiger partial charge in [0.15, 0.2) is 15.3 Å². The topological polar surface area (TPSA) is 138 Å². The van der Waals surface area contributed by atoms with Gasteiger partial charge in [-0.05, 0) is 36.1 Å². The second-order valence-electron chi connectivity index (χ2n) is 10.1. The molecular weight excluding hydrogens is 625 g/mol. The molecule has 0 radical (unpaired) electrons. The van der Waals surface area contributed by atoms with Crippen molar-refractivity contribution < 1.29 is 9.59 Å². The number of hydrogen-bond acceptors (Lipinski definition) is 10. The van der Waals surface area contributed by atoms with E-state index in [1.165, 1.54) is 29.3 Å². The third-order valence-electron chi connectivity index (χ3n) is 6.62. The highest BCUT2D eigenvalue weighted by atomic mass is 35.5. The fraction of sp³-hybridized carbons (Fsp3) is 0.259. The maximum atomic E-state index is 13.7. The van der Waals surface area contributed by atoms with Crippen LogP contribution in [0.25, 0.3) is 0 Å². The van der Waals surface area contributed by atoms with Crippen molar-refractivity contribution in [1.82, 2.24) is 15.2 Å². The zero-order chi connectivity index (χ0) is 29.5. The molecule has 2 aliphatic rings. The maximum absolute atomic E-state index is 13.7. The molecule has 1 aliphatic carbocycles. The molecule has 0 spiro atoms. The van der Waals surface area contributed by atoms with Crippen LogP contribution in [-0.2, 0) is 9.59 Å². The Morgan fingerprint density at radius 1 is 1.22 bits per heavy atom. The molecule has 1 unspecified atom stereocenters. The summed E-state index contributed by atoms with van der Waals surface area (Å²) in [4.78, 5) is 31.8. The number of carbonyl (C=O) groups excluding carboxylic acids is 2. The van der Waals surface area contributed by atoms with Gasteiger partial charge in [-0.3, -0.25) is 14.5 Å². The first-order valence-corrected chi connectivity index (χ1v) is 15.2. The van der Waals surface area contributed by atoms with Crippen LogP contribution in [0.1, 0.15) is 38.2 Å². The summed E-state index contributed by atoms with van der Waals surface area (Å²) in [7, 11) is 0. The molecule has 3 heterocycles. The van der Waals surface area contributed by atoms with E-state index in [9.17, 15) is 14.9 Å². The van der Waals surface area contributed by atoms with E-state index in [0.29, 0.717) is 48.5 Å². The Morgan fingerprint density at radius 2 is 1.95 bits per heavy atom. The molecule has 1 aliphatic heterocycles. The average molecular weight is 647 g/mol. The predicted molar refractivity (Wildman–Crippen MR) is 162 cm³/mol. The second-order valence-corrected chi connectivity index (χ2v) is 13.5. The number of amides is 1. The first-order valence-electron chi connectivity index (χ1n) is 12.3. The standard InChI is InChI=1S/C27H22Cl3N7O2S2/c1-27(2)9-17-22(18(38)10-27)20(21-14(28)5-3-6-15(21)29)13(11-31)24(32)37(17)25-35-36-26(41-25)40-12-19(39)34-16-7-4-8-33-23(16)30/h3-8,20H,9-10,12,32H2,1-2H3,(H,34,39). The molecule has 1 aromatic carbocycles. The first kappa shape index (κ1) is 29.4. The molecule has 0 saturated carbocycles. The quantitative estimate of drug-likeness (QED) is 0.225. The smallest absolute Gasteiger partial charge is 0.234 e. The van der Waals surface area contributed by atoms with E-state index in [4.69, 9.17) is 40.5 Å². The Balaban J connectivity index is 1.50. The van der Waals surface area contributed by atoms with Crippen LogP contribution in [0.3, 0.4) is 0 Å². The fourth-order valence-corrected chi connectivity index (χ4v) is 7.41. The van der Waals surface area contributed by atoms with Gasteiger partial charge in [0, 0.05) is 39.5 Å². The summed E-state index contributed by atoms with van der Waals surface area (Å²) >= 11 is 21.5. The van der Waals surface area contributed by atoms with Gasteiger partial charge in [-0.15, -0.1) is 10.2 Å². The van der Waals surface area contributed by atoms with E-state index >= 15 is 0 Å². The molecule has 0 fully saturated rings. The third kappa shape index (κ3) is 5.80. The summed E-state index contributed by atoms with van der Waals surface area (Å²) in [6.45, 7) is 4.00. The molecule has 3 N–H and O–H groups in total. The summed E-state index contributed by atoms with van der Waals surface area (Å²) in [5.41, 5.74) is 8.35. The second kappa shape index (κ2) is 11.6. The number of benzene rings is 1. The van der Waals surface area contributed by atoms with Gasteiger partial charge in [-0.1, -0.05) is 77.8 Å². The Kier molecular flexibility index (Phi) is 8.32. The Labute approximate surface area is 259 Å². The summed E-state index contributed by atoms with van der Waals surface area (Å²) < 4.78 is 0.499. The number of aromatic nitrogens is 3. The summed E-state index contributed by atoms with van der Waals surface area (Å²) in [6.07, 6.45) is 2.30. The zero-order valence-electron chi connectivity index (χ0n) is 21.7. The number of pyridine rings is 1. The number of anilines is 2. The molecule has 41 heavy (non-hydrogen) atoms. The number of nitrogens with zero attached hydrogens (tertiary/aromatic N) is 5. The normalized spacial score (nSPS) is 18.3. The van der Waals surface area contributed by atoms with Crippen LogP contribution < -0.4 is 16.0 Å². The molecule has 0 saturated heterocycles. The van der Waals surface area contributed by atoms with Crippen LogP contribution in [-0.4, -0.2) is 32.6 Å². The SMILES string of the molecule is CC1(C)CC(=O)C2=C(C1)N(c1nnc(SCC(=O)Nc3cccnc3Cl)s1)C(N)=C(C#N)C2c1c(Cl)cccc1Cl. The van der Waals surface area contributed by atoms with Crippen LogP contribution in [0.15, 0.2) is 63.5 Å². The lowest BCUT2D eigenvalue weighted by Crippen LogP contribution is -2.42. The highest BCUT2D eigenvalue weighted by Gasteiger charge is 2.46. The summed E-state index contributed by atoms with van der Waals surface area (Å²) in [6, 6.07) is 10.6. The van der Waals surface area contributed by atoms with Gasteiger partial charge in [0.05, 0.1) is 29.0 Å². The number of carbonyl (C=O) groups is 2. The molecule has 1 atom stereocenters. The Morgan fingerprint density at radius 3 is 2.63 bits per heavy atom. The van der Waals surface area contributed by atoms with Crippen LogP contribution in [0, 0.1) is 16.7 Å². The molecule has 1 amide bonds. The predicted octanol–water partition coefficient (Wildman–Crippen LogP) is 6.56. The number of hydrogen-bond donors (Lipinski definition) is 2. The first-order chi connectivity index (χ1) is 19.5. The maximum Gasteiger partial charge on any atom is 0.234 e.